The van der Waals surface area contributed by atoms with Crippen LogP contribution in [0.15, 0.2) is 83.1 Å². The summed E-state index contributed by atoms with van der Waals surface area (Å²) in [4.78, 5) is 23.6. The Morgan fingerprint density at radius 3 is 2.30 bits per heavy atom. The Bertz CT molecular complexity index is 1430. The van der Waals surface area contributed by atoms with Gasteiger partial charge in [-0.05, 0) is 80.1 Å². The Hall–Kier alpha value is -3.95. The summed E-state index contributed by atoms with van der Waals surface area (Å²) in [5.74, 6) is 0.510. The molecule has 3 aromatic carbocycles. The first kappa shape index (κ1) is 26.1. The smallest absolute Gasteiger partial charge is 0.308 e. The van der Waals surface area contributed by atoms with Crippen LogP contribution in [0.3, 0.4) is 0 Å². The molecule has 0 atom stereocenters. The van der Waals surface area contributed by atoms with E-state index in [1.165, 1.54) is 18.7 Å². The van der Waals surface area contributed by atoms with Gasteiger partial charge in [-0.25, -0.2) is 5.43 Å². The molecule has 0 aliphatic carbocycles. The van der Waals surface area contributed by atoms with Gasteiger partial charge in [0.25, 0.3) is 5.91 Å². The number of aryl methyl sites for hydroxylation is 1. The summed E-state index contributed by atoms with van der Waals surface area (Å²) in [5, 5.41) is 14.1. The van der Waals surface area contributed by atoms with Crippen molar-refractivity contribution in [1.82, 2.24) is 20.2 Å². The standard InChI is InChI=1S/C27H24ClN5O3S/c1-17-4-12-23(13-5-17)33-26(21-6-10-22(28)11-7-21)31-32-27(33)37-16-25(35)30-29-18(2)20-8-14-24(15-9-20)36-19(3)34/h4-15H,16H2,1-3H3,(H,30,35)/b29-18+. The highest BCUT2D eigenvalue weighted by molar-refractivity contribution is 7.99. The molecule has 4 rings (SSSR count). The molecule has 0 aliphatic heterocycles. The number of halogens is 1. The van der Waals surface area contributed by atoms with Crippen molar-refractivity contribution in [1.29, 1.82) is 0 Å². The van der Waals surface area contributed by atoms with Gasteiger partial charge in [-0.3, -0.25) is 14.2 Å². The summed E-state index contributed by atoms with van der Waals surface area (Å²) in [5.41, 5.74) is 6.85. The molecule has 8 nitrogen and oxygen atoms in total. The van der Waals surface area contributed by atoms with Crippen LogP contribution in [0.25, 0.3) is 17.1 Å². The summed E-state index contributed by atoms with van der Waals surface area (Å²) in [6.45, 7) is 5.14. The van der Waals surface area contributed by atoms with Crippen molar-refractivity contribution >= 4 is 41.0 Å². The number of aromatic nitrogens is 3. The second-order valence-electron chi connectivity index (χ2n) is 8.12. The van der Waals surface area contributed by atoms with Gasteiger partial charge in [0.15, 0.2) is 11.0 Å². The number of amides is 1. The summed E-state index contributed by atoms with van der Waals surface area (Å²) in [6, 6.07) is 22.2. The first-order chi connectivity index (χ1) is 17.8. The number of esters is 1. The first-order valence-electron chi connectivity index (χ1n) is 11.3. The average molecular weight is 534 g/mol. The minimum atomic E-state index is -0.388. The quantitative estimate of drug-likeness (QED) is 0.106. The topological polar surface area (TPSA) is 98.5 Å². The van der Waals surface area contributed by atoms with E-state index in [0.717, 1.165) is 22.4 Å². The van der Waals surface area contributed by atoms with Gasteiger partial charge in [0, 0.05) is 23.2 Å². The van der Waals surface area contributed by atoms with E-state index in [4.69, 9.17) is 16.3 Å². The number of rotatable bonds is 8. The highest BCUT2D eigenvalue weighted by Crippen LogP contribution is 2.29. The number of ether oxygens (including phenoxy) is 1. The second-order valence-corrected chi connectivity index (χ2v) is 9.50. The molecule has 0 saturated carbocycles. The van der Waals surface area contributed by atoms with Gasteiger partial charge in [0.2, 0.25) is 0 Å². The van der Waals surface area contributed by atoms with Crippen LogP contribution in [-0.2, 0) is 9.59 Å². The van der Waals surface area contributed by atoms with Crippen LogP contribution in [0.5, 0.6) is 5.75 Å². The SMILES string of the molecule is CC(=O)Oc1ccc(/C(C)=N/NC(=O)CSc2nnc(-c3ccc(Cl)cc3)n2-c2ccc(C)cc2)cc1. The Kier molecular flexibility index (Phi) is 8.37. The van der Waals surface area contributed by atoms with Gasteiger partial charge >= 0.3 is 5.97 Å². The predicted molar refractivity (Wildman–Crippen MR) is 145 cm³/mol. The lowest BCUT2D eigenvalue weighted by Gasteiger charge is -2.11. The minimum Gasteiger partial charge on any atom is -0.427 e. The largest absolute Gasteiger partial charge is 0.427 e. The molecule has 4 aromatic rings. The van der Waals surface area contributed by atoms with E-state index in [0.29, 0.717) is 27.5 Å². The Labute approximate surface area is 223 Å². The molecule has 1 N–H and O–H groups in total. The maximum atomic E-state index is 12.6. The Morgan fingerprint density at radius 2 is 1.65 bits per heavy atom. The van der Waals surface area contributed by atoms with Crippen molar-refractivity contribution in [2.45, 2.75) is 25.9 Å². The molecule has 0 saturated heterocycles. The highest BCUT2D eigenvalue weighted by atomic mass is 35.5. The third kappa shape index (κ3) is 6.84. The predicted octanol–water partition coefficient (Wildman–Crippen LogP) is 5.45. The van der Waals surface area contributed by atoms with E-state index in [2.05, 4.69) is 20.7 Å². The van der Waals surface area contributed by atoms with E-state index in [1.54, 1.807) is 43.3 Å². The van der Waals surface area contributed by atoms with Crippen molar-refractivity contribution in [3.8, 4) is 22.8 Å². The molecule has 1 heterocycles. The number of hydrazone groups is 1. The van der Waals surface area contributed by atoms with E-state index in [-0.39, 0.29) is 17.6 Å². The number of carbonyl (C=O) groups is 2. The molecule has 188 valence electrons. The maximum Gasteiger partial charge on any atom is 0.308 e. The fraction of sp³-hybridized carbons (Fsp3) is 0.148. The average Bonchev–Trinajstić information content (AvgIpc) is 3.31. The number of carbonyl (C=O) groups excluding carboxylic acids is 2. The molecule has 1 amide bonds. The van der Waals surface area contributed by atoms with Gasteiger partial charge in [0.1, 0.15) is 5.75 Å². The summed E-state index contributed by atoms with van der Waals surface area (Å²) >= 11 is 7.32. The molecule has 1 aromatic heterocycles. The first-order valence-corrected chi connectivity index (χ1v) is 12.7. The van der Waals surface area contributed by atoms with Crippen LogP contribution in [-0.4, -0.2) is 38.1 Å². The molecular weight excluding hydrogens is 510 g/mol. The molecular formula is C27H24ClN5O3S. The van der Waals surface area contributed by atoms with Crippen LogP contribution in [0.4, 0.5) is 0 Å². The number of hydrogen-bond acceptors (Lipinski definition) is 7. The Balaban J connectivity index is 1.47. The third-order valence-corrected chi connectivity index (χ3v) is 6.42. The van der Waals surface area contributed by atoms with Crippen molar-refractivity contribution in [3.05, 3.63) is 88.9 Å². The van der Waals surface area contributed by atoms with Crippen molar-refractivity contribution < 1.29 is 14.3 Å². The number of nitrogens with zero attached hydrogens (tertiary/aromatic N) is 4. The van der Waals surface area contributed by atoms with E-state index < -0.39 is 0 Å². The van der Waals surface area contributed by atoms with Crippen LogP contribution in [0.1, 0.15) is 25.0 Å². The molecule has 10 heteroatoms. The number of thioether (sulfide) groups is 1. The van der Waals surface area contributed by atoms with E-state index >= 15 is 0 Å². The summed E-state index contributed by atoms with van der Waals surface area (Å²) in [7, 11) is 0. The van der Waals surface area contributed by atoms with Gasteiger partial charge < -0.3 is 4.74 Å². The van der Waals surface area contributed by atoms with Crippen LogP contribution < -0.4 is 10.2 Å². The van der Waals surface area contributed by atoms with Crippen LogP contribution >= 0.6 is 23.4 Å². The molecule has 0 radical (unpaired) electrons. The molecule has 0 bridgehead atoms. The lowest BCUT2D eigenvalue weighted by atomic mass is 10.1. The molecule has 0 spiro atoms. The van der Waals surface area contributed by atoms with Crippen molar-refractivity contribution in [3.63, 3.8) is 0 Å². The summed E-state index contributed by atoms with van der Waals surface area (Å²) < 4.78 is 6.95. The lowest BCUT2D eigenvalue weighted by molar-refractivity contribution is -0.131. The zero-order chi connectivity index (χ0) is 26.4. The van der Waals surface area contributed by atoms with Gasteiger partial charge in [-0.2, -0.15) is 5.10 Å². The Morgan fingerprint density at radius 1 is 0.973 bits per heavy atom. The normalized spacial score (nSPS) is 11.3. The molecule has 0 unspecified atom stereocenters. The van der Waals surface area contributed by atoms with E-state index in [9.17, 15) is 9.59 Å². The molecule has 0 aliphatic rings. The molecule has 37 heavy (non-hydrogen) atoms. The minimum absolute atomic E-state index is 0.0901. The lowest BCUT2D eigenvalue weighted by Crippen LogP contribution is -2.21. The zero-order valence-corrected chi connectivity index (χ0v) is 22.0. The number of nitrogens with one attached hydrogen (secondary N) is 1. The zero-order valence-electron chi connectivity index (χ0n) is 20.4. The van der Waals surface area contributed by atoms with Gasteiger partial charge in [0.05, 0.1) is 11.5 Å². The fourth-order valence-corrected chi connectivity index (χ4v) is 4.25. The monoisotopic (exact) mass is 533 g/mol. The molecule has 0 fully saturated rings. The fourth-order valence-electron chi connectivity index (χ4n) is 3.38. The van der Waals surface area contributed by atoms with Crippen LogP contribution in [0.2, 0.25) is 5.02 Å². The maximum absolute atomic E-state index is 12.6. The van der Waals surface area contributed by atoms with Crippen molar-refractivity contribution in [2.24, 2.45) is 5.10 Å². The van der Waals surface area contributed by atoms with Crippen molar-refractivity contribution in [2.75, 3.05) is 5.75 Å². The number of hydrogen-bond donors (Lipinski definition) is 1. The van der Waals surface area contributed by atoms with Crippen LogP contribution in [0, 0.1) is 6.92 Å². The highest BCUT2D eigenvalue weighted by Gasteiger charge is 2.17. The number of benzene rings is 3. The van der Waals surface area contributed by atoms with Gasteiger partial charge in [-0.1, -0.05) is 41.1 Å². The van der Waals surface area contributed by atoms with E-state index in [1.807, 2.05) is 47.9 Å². The van der Waals surface area contributed by atoms with Gasteiger partial charge in [-0.15, -0.1) is 10.2 Å². The third-order valence-electron chi connectivity index (χ3n) is 5.24. The summed E-state index contributed by atoms with van der Waals surface area (Å²) in [6.07, 6.45) is 0. The second kappa shape index (κ2) is 11.9.